The van der Waals surface area contributed by atoms with Crippen molar-refractivity contribution in [1.29, 1.82) is 0 Å². The van der Waals surface area contributed by atoms with Gasteiger partial charge in [0.15, 0.2) is 0 Å². The summed E-state index contributed by atoms with van der Waals surface area (Å²) >= 11 is 0. The van der Waals surface area contributed by atoms with Gasteiger partial charge in [0.05, 0.1) is 6.10 Å². The number of ether oxygens (including phenoxy) is 1. The molecule has 2 rings (SSSR count). The summed E-state index contributed by atoms with van der Waals surface area (Å²) < 4.78 is 5.32. The number of aliphatic hydroxyl groups is 1. The molecule has 0 aromatic rings. The van der Waals surface area contributed by atoms with E-state index in [1.807, 2.05) is 20.8 Å². The monoisotopic (exact) mass is 227 g/mol. The Morgan fingerprint density at radius 2 is 2.06 bits per heavy atom. The maximum atomic E-state index is 11.9. The Morgan fingerprint density at radius 3 is 2.56 bits per heavy atom. The summed E-state index contributed by atoms with van der Waals surface area (Å²) in [6.07, 6.45) is 2.42. The predicted octanol–water partition coefficient (Wildman–Crippen LogP) is 1.77. The van der Waals surface area contributed by atoms with Crippen LogP contribution in [0.5, 0.6) is 0 Å². The van der Waals surface area contributed by atoms with Gasteiger partial charge in [0, 0.05) is 13.1 Å². The number of aliphatic hydroxyl groups excluding tert-OH is 1. The Balaban J connectivity index is 1.96. The molecule has 0 aromatic heterocycles. The minimum atomic E-state index is -0.462. The third-order valence-corrected chi connectivity index (χ3v) is 3.23. The van der Waals surface area contributed by atoms with E-state index in [1.165, 1.54) is 0 Å². The molecule has 1 spiro atoms. The second-order valence-electron chi connectivity index (χ2n) is 6.22. The van der Waals surface area contributed by atoms with Gasteiger partial charge in [-0.1, -0.05) is 0 Å². The van der Waals surface area contributed by atoms with Crippen LogP contribution in [-0.2, 0) is 4.74 Å². The fourth-order valence-electron chi connectivity index (χ4n) is 2.36. The van der Waals surface area contributed by atoms with Gasteiger partial charge < -0.3 is 14.7 Å². The van der Waals surface area contributed by atoms with E-state index < -0.39 is 5.60 Å². The lowest BCUT2D eigenvalue weighted by atomic mass is 9.93. The molecule has 0 aromatic carbocycles. The Morgan fingerprint density at radius 1 is 1.44 bits per heavy atom. The zero-order chi connectivity index (χ0) is 12.0. The molecule has 1 aliphatic heterocycles. The zero-order valence-electron chi connectivity index (χ0n) is 10.3. The molecule has 1 saturated heterocycles. The fourth-order valence-corrected chi connectivity index (χ4v) is 2.36. The quantitative estimate of drug-likeness (QED) is 0.686. The van der Waals surface area contributed by atoms with Crippen LogP contribution in [-0.4, -0.2) is 40.9 Å². The van der Waals surface area contributed by atoms with Crippen LogP contribution in [0.25, 0.3) is 0 Å². The average Bonchev–Trinajstić information content (AvgIpc) is 2.80. The molecule has 4 heteroatoms. The van der Waals surface area contributed by atoms with Gasteiger partial charge in [-0.15, -0.1) is 0 Å². The molecule has 2 aliphatic rings. The van der Waals surface area contributed by atoms with Crippen molar-refractivity contribution in [3.8, 4) is 0 Å². The van der Waals surface area contributed by atoms with Gasteiger partial charge in [-0.2, -0.15) is 0 Å². The molecule has 16 heavy (non-hydrogen) atoms. The number of hydrogen-bond acceptors (Lipinski definition) is 3. The van der Waals surface area contributed by atoms with Gasteiger partial charge in [0.25, 0.3) is 0 Å². The largest absolute Gasteiger partial charge is 0.444 e. The summed E-state index contributed by atoms with van der Waals surface area (Å²) in [5, 5.41) is 9.75. The number of piperidine rings is 1. The lowest BCUT2D eigenvalue weighted by molar-refractivity contribution is -0.0113. The maximum Gasteiger partial charge on any atom is 0.410 e. The molecule has 1 amide bonds. The van der Waals surface area contributed by atoms with Crippen LogP contribution in [0, 0.1) is 5.41 Å². The lowest BCUT2D eigenvalue weighted by Gasteiger charge is -2.36. The molecule has 1 heterocycles. The molecule has 1 atom stereocenters. The topological polar surface area (TPSA) is 49.8 Å². The number of nitrogens with zero attached hydrogens (tertiary/aromatic N) is 1. The first-order valence-corrected chi connectivity index (χ1v) is 5.96. The van der Waals surface area contributed by atoms with Gasteiger partial charge in [0.1, 0.15) is 5.60 Å². The first kappa shape index (κ1) is 11.7. The Hall–Kier alpha value is -0.770. The number of β-amino-alcohol motifs (C(OH)–C–C–N with tert-alkyl or cyclic N) is 1. The maximum absolute atomic E-state index is 11.9. The Bertz CT molecular complexity index is 291. The van der Waals surface area contributed by atoms with Gasteiger partial charge in [-0.25, -0.2) is 4.79 Å². The van der Waals surface area contributed by atoms with Crippen molar-refractivity contribution in [1.82, 2.24) is 4.90 Å². The van der Waals surface area contributed by atoms with Crippen LogP contribution in [0.15, 0.2) is 0 Å². The Labute approximate surface area is 96.6 Å². The summed E-state index contributed by atoms with van der Waals surface area (Å²) in [5.74, 6) is 0. The number of amides is 1. The SMILES string of the molecule is CC(C)(C)OC(=O)N1CC(O)CC2(CC2)C1. The number of hydrogen-bond donors (Lipinski definition) is 1. The van der Waals surface area contributed by atoms with E-state index in [0.717, 1.165) is 25.8 Å². The molecular formula is C12H21NO3. The van der Waals surface area contributed by atoms with Crippen LogP contribution in [0.4, 0.5) is 4.79 Å². The van der Waals surface area contributed by atoms with Crippen molar-refractivity contribution >= 4 is 6.09 Å². The smallest absolute Gasteiger partial charge is 0.410 e. The van der Waals surface area contributed by atoms with Crippen molar-refractivity contribution in [2.45, 2.75) is 51.7 Å². The van der Waals surface area contributed by atoms with Crippen molar-refractivity contribution < 1.29 is 14.6 Å². The molecule has 2 fully saturated rings. The van der Waals surface area contributed by atoms with Crippen LogP contribution in [0.2, 0.25) is 0 Å². The molecule has 1 aliphatic carbocycles. The van der Waals surface area contributed by atoms with Crippen LogP contribution >= 0.6 is 0 Å². The van der Waals surface area contributed by atoms with Crippen molar-refractivity contribution in [3.05, 3.63) is 0 Å². The van der Waals surface area contributed by atoms with Crippen LogP contribution < -0.4 is 0 Å². The molecular weight excluding hydrogens is 206 g/mol. The number of likely N-dealkylation sites (tertiary alicyclic amines) is 1. The van der Waals surface area contributed by atoms with Crippen molar-refractivity contribution in [3.63, 3.8) is 0 Å². The molecule has 0 radical (unpaired) electrons. The standard InChI is InChI=1S/C12H21NO3/c1-11(2,3)16-10(15)13-7-9(14)6-12(8-13)4-5-12/h9,14H,4-8H2,1-3H3. The van der Waals surface area contributed by atoms with E-state index in [0.29, 0.717) is 6.54 Å². The third-order valence-electron chi connectivity index (χ3n) is 3.23. The average molecular weight is 227 g/mol. The second kappa shape index (κ2) is 3.62. The normalized spacial score (nSPS) is 28.0. The summed E-state index contributed by atoms with van der Waals surface area (Å²) in [5.41, 5.74) is -0.259. The van der Waals surface area contributed by atoms with E-state index in [9.17, 15) is 9.90 Å². The van der Waals surface area contributed by atoms with E-state index in [1.54, 1.807) is 4.90 Å². The Kier molecular flexibility index (Phi) is 2.65. The molecule has 1 unspecified atom stereocenters. The highest BCUT2D eigenvalue weighted by molar-refractivity contribution is 5.68. The van der Waals surface area contributed by atoms with Crippen molar-refractivity contribution in [2.75, 3.05) is 13.1 Å². The molecule has 1 saturated carbocycles. The first-order chi connectivity index (χ1) is 7.30. The minimum Gasteiger partial charge on any atom is -0.444 e. The van der Waals surface area contributed by atoms with Crippen LogP contribution in [0.3, 0.4) is 0 Å². The van der Waals surface area contributed by atoms with E-state index in [4.69, 9.17) is 4.74 Å². The third kappa shape index (κ3) is 2.67. The first-order valence-electron chi connectivity index (χ1n) is 5.96. The van der Waals surface area contributed by atoms with Gasteiger partial charge in [0.2, 0.25) is 0 Å². The van der Waals surface area contributed by atoms with Crippen LogP contribution in [0.1, 0.15) is 40.0 Å². The summed E-state index contributed by atoms with van der Waals surface area (Å²) in [6, 6.07) is 0. The zero-order valence-corrected chi connectivity index (χ0v) is 10.3. The summed E-state index contributed by atoms with van der Waals surface area (Å²) in [7, 11) is 0. The van der Waals surface area contributed by atoms with Crippen molar-refractivity contribution in [2.24, 2.45) is 5.41 Å². The van der Waals surface area contributed by atoms with Gasteiger partial charge in [-0.3, -0.25) is 0 Å². The lowest BCUT2D eigenvalue weighted by Crippen LogP contribution is -2.48. The summed E-state index contributed by atoms with van der Waals surface area (Å²) in [4.78, 5) is 13.5. The predicted molar refractivity (Wildman–Crippen MR) is 60.1 cm³/mol. The molecule has 0 bridgehead atoms. The minimum absolute atomic E-state index is 0.203. The highest BCUT2D eigenvalue weighted by atomic mass is 16.6. The van der Waals surface area contributed by atoms with Gasteiger partial charge >= 0.3 is 6.09 Å². The van der Waals surface area contributed by atoms with Gasteiger partial charge in [-0.05, 0) is 45.4 Å². The molecule has 4 nitrogen and oxygen atoms in total. The summed E-state index contributed by atoms with van der Waals surface area (Å²) in [6.45, 7) is 6.74. The number of carbonyl (C=O) groups is 1. The van der Waals surface area contributed by atoms with E-state index in [2.05, 4.69) is 0 Å². The fraction of sp³-hybridized carbons (Fsp3) is 0.917. The highest BCUT2D eigenvalue weighted by Crippen LogP contribution is 2.52. The molecule has 92 valence electrons. The van der Waals surface area contributed by atoms with E-state index in [-0.39, 0.29) is 17.6 Å². The number of carbonyl (C=O) groups excluding carboxylic acids is 1. The number of rotatable bonds is 0. The second-order valence-corrected chi connectivity index (χ2v) is 6.22. The highest BCUT2D eigenvalue weighted by Gasteiger charge is 2.49. The molecule has 1 N–H and O–H groups in total. The van der Waals surface area contributed by atoms with E-state index >= 15 is 0 Å².